The van der Waals surface area contributed by atoms with Crippen molar-refractivity contribution < 1.29 is 28.3 Å². The molecule has 0 atom stereocenters. The van der Waals surface area contributed by atoms with E-state index in [0.717, 1.165) is 28.6 Å². The van der Waals surface area contributed by atoms with E-state index in [2.05, 4.69) is 21.2 Å². The Morgan fingerprint density at radius 3 is 2.55 bits per heavy atom. The van der Waals surface area contributed by atoms with Gasteiger partial charge in [-0.1, -0.05) is 30.3 Å². The Labute approximate surface area is 242 Å². The number of anilines is 1. The number of imide groups is 1. The van der Waals surface area contributed by atoms with Crippen molar-refractivity contribution in [1.82, 2.24) is 9.80 Å². The Kier molecular flexibility index (Phi) is 8.32. The number of nitrogens with one attached hydrogen (secondary N) is 1. The molecule has 40 heavy (non-hydrogen) atoms. The third-order valence-corrected chi connectivity index (χ3v) is 7.92. The van der Waals surface area contributed by atoms with Crippen LogP contribution in [0.4, 0.5) is 14.9 Å². The van der Waals surface area contributed by atoms with E-state index >= 15 is 0 Å². The first-order valence-corrected chi connectivity index (χ1v) is 14.0. The molecule has 8 nitrogen and oxygen atoms in total. The van der Waals surface area contributed by atoms with E-state index in [1.165, 1.54) is 29.8 Å². The molecule has 0 saturated carbocycles. The highest BCUT2D eigenvalue weighted by atomic mass is 79.9. The van der Waals surface area contributed by atoms with Gasteiger partial charge in [-0.2, -0.15) is 0 Å². The zero-order chi connectivity index (χ0) is 28.2. The van der Waals surface area contributed by atoms with Gasteiger partial charge < -0.3 is 15.0 Å². The van der Waals surface area contributed by atoms with Crippen molar-refractivity contribution in [2.75, 3.05) is 25.0 Å². The minimum Gasteiger partial charge on any atom is -0.483 e. The van der Waals surface area contributed by atoms with Gasteiger partial charge in [0, 0.05) is 18.8 Å². The Balaban J connectivity index is 1.18. The van der Waals surface area contributed by atoms with E-state index in [1.54, 1.807) is 29.2 Å². The number of rotatable bonds is 7. The molecule has 1 N–H and O–H groups in total. The highest BCUT2D eigenvalue weighted by Crippen LogP contribution is 2.34. The predicted octanol–water partition coefficient (Wildman–Crippen LogP) is 5.23. The quantitative estimate of drug-likeness (QED) is 0.362. The lowest BCUT2D eigenvalue weighted by Crippen LogP contribution is -2.44. The Morgan fingerprint density at radius 1 is 1.05 bits per heavy atom. The predicted molar refractivity (Wildman–Crippen MR) is 153 cm³/mol. The van der Waals surface area contributed by atoms with Crippen LogP contribution in [0.2, 0.25) is 0 Å². The van der Waals surface area contributed by atoms with Gasteiger partial charge in [0.05, 0.1) is 9.38 Å². The normalized spacial score (nSPS) is 15.8. The largest absolute Gasteiger partial charge is 0.483 e. The van der Waals surface area contributed by atoms with Crippen LogP contribution in [-0.4, -0.2) is 52.5 Å². The van der Waals surface area contributed by atoms with Gasteiger partial charge in [0.2, 0.25) is 5.91 Å². The second-order valence-electron chi connectivity index (χ2n) is 9.14. The highest BCUT2D eigenvalue weighted by Gasteiger charge is 2.37. The van der Waals surface area contributed by atoms with E-state index in [0.29, 0.717) is 34.6 Å². The van der Waals surface area contributed by atoms with Crippen molar-refractivity contribution in [3.05, 3.63) is 98.6 Å². The number of fused-ring (bicyclic) bond motifs is 1. The lowest BCUT2D eigenvalue weighted by atomic mass is 10.00. The summed E-state index contributed by atoms with van der Waals surface area (Å²) >= 11 is 4.19. The second-order valence-corrected chi connectivity index (χ2v) is 11.0. The van der Waals surface area contributed by atoms with Crippen molar-refractivity contribution in [2.24, 2.45) is 0 Å². The number of hydrogen-bond donors (Lipinski definition) is 1. The zero-order valence-electron chi connectivity index (χ0n) is 21.1. The van der Waals surface area contributed by atoms with Gasteiger partial charge in [-0.15, -0.1) is 0 Å². The minimum absolute atomic E-state index is 0.209. The molecule has 0 spiro atoms. The molecule has 0 bridgehead atoms. The molecule has 0 unspecified atom stereocenters. The lowest BCUT2D eigenvalue weighted by Gasteiger charge is -2.29. The average Bonchev–Trinajstić information content (AvgIpc) is 3.20. The molecule has 0 radical (unpaired) electrons. The molecule has 1 fully saturated rings. The van der Waals surface area contributed by atoms with Crippen molar-refractivity contribution in [3.63, 3.8) is 0 Å². The van der Waals surface area contributed by atoms with E-state index in [-0.39, 0.29) is 24.0 Å². The SMILES string of the molecule is O=C(COc1ccc(/C=C2\SC(=O)N(CC(=O)N3CCc4ccccc4C3)C2=O)cc1Br)Nc1ccc(F)cc1. The number of carbonyl (C=O) groups is 4. The highest BCUT2D eigenvalue weighted by molar-refractivity contribution is 9.10. The lowest BCUT2D eigenvalue weighted by molar-refractivity contribution is -0.136. The molecule has 0 aromatic heterocycles. The fraction of sp³-hybridized carbons (Fsp3) is 0.172. The summed E-state index contributed by atoms with van der Waals surface area (Å²) < 4.78 is 19.1. The summed E-state index contributed by atoms with van der Waals surface area (Å²) in [4.78, 5) is 53.5. The first kappa shape index (κ1) is 27.6. The molecule has 204 valence electrons. The smallest absolute Gasteiger partial charge is 0.294 e. The van der Waals surface area contributed by atoms with Crippen molar-refractivity contribution >= 4 is 62.4 Å². The van der Waals surface area contributed by atoms with Gasteiger partial charge >= 0.3 is 0 Å². The fourth-order valence-corrected chi connectivity index (χ4v) is 5.68. The molecule has 0 aliphatic carbocycles. The molecular formula is C29H23BrFN3O5S. The maximum atomic E-state index is 13.0. The standard InChI is InChI=1S/C29H23BrFN3O5S/c30-23-13-18(5-10-24(23)39-17-26(35)32-22-8-6-21(31)7-9-22)14-25-28(37)34(29(38)40-25)16-27(36)33-12-11-19-3-1-2-4-20(19)15-33/h1-10,13-14H,11-12,15-17H2,(H,32,35)/b25-14-. The van der Waals surface area contributed by atoms with Crippen LogP contribution in [0.1, 0.15) is 16.7 Å². The van der Waals surface area contributed by atoms with Crippen LogP contribution in [0, 0.1) is 5.82 Å². The van der Waals surface area contributed by atoms with Crippen LogP contribution in [0.15, 0.2) is 76.1 Å². The van der Waals surface area contributed by atoms with Crippen molar-refractivity contribution in [3.8, 4) is 5.75 Å². The topological polar surface area (TPSA) is 96.0 Å². The number of ether oxygens (including phenoxy) is 1. The van der Waals surface area contributed by atoms with Crippen molar-refractivity contribution in [1.29, 1.82) is 0 Å². The zero-order valence-corrected chi connectivity index (χ0v) is 23.5. The molecule has 3 aromatic carbocycles. The summed E-state index contributed by atoms with van der Waals surface area (Å²) in [6.07, 6.45) is 2.31. The van der Waals surface area contributed by atoms with E-state index < -0.39 is 22.9 Å². The molecule has 11 heteroatoms. The molecule has 2 aliphatic rings. The number of halogens is 2. The number of amides is 4. The van der Waals surface area contributed by atoms with Crippen LogP contribution in [0.5, 0.6) is 5.75 Å². The third-order valence-electron chi connectivity index (χ3n) is 6.39. The number of carbonyl (C=O) groups excluding carboxylic acids is 4. The number of nitrogens with zero attached hydrogens (tertiary/aromatic N) is 2. The maximum absolute atomic E-state index is 13.0. The molecule has 1 saturated heterocycles. The van der Waals surface area contributed by atoms with E-state index in [1.807, 2.05) is 24.3 Å². The van der Waals surface area contributed by atoms with Crippen LogP contribution >= 0.6 is 27.7 Å². The molecule has 5 rings (SSSR count). The molecular weight excluding hydrogens is 601 g/mol. The average molecular weight is 624 g/mol. The summed E-state index contributed by atoms with van der Waals surface area (Å²) in [6.45, 7) is 0.418. The van der Waals surface area contributed by atoms with Crippen LogP contribution in [-0.2, 0) is 27.3 Å². The molecule has 2 aliphatic heterocycles. The summed E-state index contributed by atoms with van der Waals surface area (Å²) in [6, 6.07) is 18.3. The molecule has 2 heterocycles. The van der Waals surface area contributed by atoms with Gasteiger partial charge in [0.25, 0.3) is 17.1 Å². The van der Waals surface area contributed by atoms with E-state index in [9.17, 15) is 23.6 Å². The minimum atomic E-state index is -0.519. The molecule has 3 aromatic rings. The van der Waals surface area contributed by atoms with Crippen molar-refractivity contribution in [2.45, 2.75) is 13.0 Å². The second kappa shape index (κ2) is 12.1. The first-order valence-electron chi connectivity index (χ1n) is 12.3. The third kappa shape index (κ3) is 6.43. The van der Waals surface area contributed by atoms with Gasteiger partial charge in [-0.25, -0.2) is 4.39 Å². The van der Waals surface area contributed by atoms with Gasteiger partial charge in [0.1, 0.15) is 18.1 Å². The van der Waals surface area contributed by atoms with E-state index in [4.69, 9.17) is 4.74 Å². The fourth-order valence-electron chi connectivity index (χ4n) is 4.33. The Bertz CT molecular complexity index is 1530. The van der Waals surface area contributed by atoms with Crippen LogP contribution in [0.3, 0.4) is 0 Å². The number of benzene rings is 3. The van der Waals surface area contributed by atoms with Crippen LogP contribution in [0.25, 0.3) is 6.08 Å². The summed E-state index contributed by atoms with van der Waals surface area (Å²) in [5.74, 6) is -1.21. The Morgan fingerprint density at radius 2 is 1.80 bits per heavy atom. The van der Waals surface area contributed by atoms with Gasteiger partial charge in [-0.3, -0.25) is 24.1 Å². The maximum Gasteiger partial charge on any atom is 0.294 e. The summed E-state index contributed by atoms with van der Waals surface area (Å²) in [5, 5.41) is 2.12. The Hall–Kier alpha value is -3.96. The van der Waals surface area contributed by atoms with Gasteiger partial charge in [-0.05, 0) is 93.3 Å². The van der Waals surface area contributed by atoms with Gasteiger partial charge in [0.15, 0.2) is 6.61 Å². The first-order chi connectivity index (χ1) is 19.3. The summed E-state index contributed by atoms with van der Waals surface area (Å²) in [7, 11) is 0. The number of thioether (sulfide) groups is 1. The van der Waals surface area contributed by atoms with Crippen LogP contribution < -0.4 is 10.1 Å². The summed E-state index contributed by atoms with van der Waals surface area (Å²) in [5.41, 5.74) is 3.35. The molecule has 4 amide bonds. The number of hydrogen-bond acceptors (Lipinski definition) is 6. The monoisotopic (exact) mass is 623 g/mol.